The highest BCUT2D eigenvalue weighted by atomic mass is 35.5. The molecule has 13 heteroatoms. The van der Waals surface area contributed by atoms with Crippen LogP contribution in [0.1, 0.15) is 50.2 Å². The molecule has 9 nitrogen and oxygen atoms in total. The number of ether oxygens (including phenoxy) is 3. The Hall–Kier alpha value is -1.22. The summed E-state index contributed by atoms with van der Waals surface area (Å²) in [5, 5.41) is 40.1. The quantitative estimate of drug-likeness (QED) is 0.277. The van der Waals surface area contributed by atoms with Crippen molar-refractivity contribution in [3.63, 3.8) is 0 Å². The highest BCUT2D eigenvalue weighted by Gasteiger charge is 2.75. The van der Waals surface area contributed by atoms with Gasteiger partial charge in [-0.15, -0.1) is 11.6 Å². The van der Waals surface area contributed by atoms with Gasteiger partial charge in [0.15, 0.2) is 5.60 Å². The fourth-order valence-electron chi connectivity index (χ4n) is 7.07. The molecule has 1 aromatic rings. The predicted octanol–water partition coefficient (Wildman–Crippen LogP) is 3.06. The number of hydrogen-bond acceptors (Lipinski definition) is 9. The average Bonchev–Trinajstić information content (AvgIpc) is 2.88. The summed E-state index contributed by atoms with van der Waals surface area (Å²) in [5.41, 5.74) is -0.468. The van der Waals surface area contributed by atoms with Gasteiger partial charge in [0, 0.05) is 10.9 Å². The molecule has 4 fully saturated rings. The Morgan fingerprint density at radius 3 is 2.42 bits per heavy atom. The van der Waals surface area contributed by atoms with E-state index in [-0.39, 0.29) is 28.5 Å². The number of fused-ring (bicyclic) bond motifs is 3. The minimum absolute atomic E-state index is 0.114. The van der Waals surface area contributed by atoms with Crippen LogP contribution in [0, 0.1) is 24.7 Å². The SMILES string of the molecule is CCC1CC2CC(Cl)CC(C2)C12OOC2(OCC(F)(F)F)c1ccc(C)c(O[C@@H]2O[C@H](CO)[C@H](O)[C@H](O)[C@H]2O)c1. The highest BCUT2D eigenvalue weighted by Crippen LogP contribution is 2.65. The van der Waals surface area contributed by atoms with Crippen LogP contribution in [0.3, 0.4) is 0 Å². The lowest BCUT2D eigenvalue weighted by atomic mass is 9.54. The summed E-state index contributed by atoms with van der Waals surface area (Å²) in [7, 11) is 0. The van der Waals surface area contributed by atoms with Crippen molar-refractivity contribution >= 4 is 11.6 Å². The molecular weight excluding hydrogens is 561 g/mol. The van der Waals surface area contributed by atoms with Crippen LogP contribution in [-0.4, -0.2) is 81.5 Å². The van der Waals surface area contributed by atoms with Crippen molar-refractivity contribution in [2.75, 3.05) is 13.2 Å². The summed E-state index contributed by atoms with van der Waals surface area (Å²) in [6.45, 7) is 1.42. The first kappa shape index (κ1) is 30.2. The standard InChI is InChI=1S/C27H36ClF3O9/c1-3-15-6-14-7-17(9-18(28)8-14)26(15)27(40-39-26,36-12-25(29,30)31)16-5-4-13(2)19(10-16)37-24-23(35)22(34)21(33)20(11-32)38-24/h4-5,10,14-15,17-18,20-24,32-35H,3,6-9,11-12H2,1-2H3/t14?,15?,17?,18?,20-,21+,22+,23-,24-,26?,27?/m1/s1. The van der Waals surface area contributed by atoms with Crippen molar-refractivity contribution in [1.29, 1.82) is 0 Å². The van der Waals surface area contributed by atoms with Crippen molar-refractivity contribution < 1.29 is 57.6 Å². The monoisotopic (exact) mass is 596 g/mol. The molecule has 2 bridgehead atoms. The average molecular weight is 597 g/mol. The molecule has 6 unspecified atom stereocenters. The van der Waals surface area contributed by atoms with Gasteiger partial charge in [-0.1, -0.05) is 25.5 Å². The fraction of sp³-hybridized carbons (Fsp3) is 0.778. The van der Waals surface area contributed by atoms with Crippen LogP contribution < -0.4 is 4.74 Å². The topological polar surface area (TPSA) is 127 Å². The van der Waals surface area contributed by atoms with Crippen molar-refractivity contribution in [3.8, 4) is 5.75 Å². The molecule has 1 aromatic carbocycles. The summed E-state index contributed by atoms with van der Waals surface area (Å²) >= 11 is 6.59. The lowest BCUT2D eigenvalue weighted by molar-refractivity contribution is -0.646. The molecule has 40 heavy (non-hydrogen) atoms. The zero-order chi connectivity index (χ0) is 29.0. The number of aryl methyl sites for hydroxylation is 1. The number of aliphatic hydroxyl groups excluding tert-OH is 4. The molecule has 226 valence electrons. The van der Waals surface area contributed by atoms with Crippen molar-refractivity contribution in [2.24, 2.45) is 17.8 Å². The van der Waals surface area contributed by atoms with Gasteiger partial charge in [0.2, 0.25) is 6.29 Å². The van der Waals surface area contributed by atoms with Gasteiger partial charge in [0.1, 0.15) is 36.8 Å². The second-order valence-corrected chi connectivity index (χ2v) is 12.1. The van der Waals surface area contributed by atoms with Crippen LogP contribution in [0.4, 0.5) is 13.2 Å². The van der Waals surface area contributed by atoms with Gasteiger partial charge in [-0.2, -0.15) is 18.1 Å². The van der Waals surface area contributed by atoms with Crippen LogP contribution >= 0.6 is 11.6 Å². The highest BCUT2D eigenvalue weighted by molar-refractivity contribution is 6.20. The summed E-state index contributed by atoms with van der Waals surface area (Å²) in [6.07, 6.45) is -8.82. The summed E-state index contributed by atoms with van der Waals surface area (Å²) in [5.74, 6) is -1.87. The van der Waals surface area contributed by atoms with E-state index in [1.807, 2.05) is 6.92 Å². The van der Waals surface area contributed by atoms with Crippen molar-refractivity contribution in [2.45, 2.75) is 99.6 Å². The Balaban J connectivity index is 1.54. The Morgan fingerprint density at radius 2 is 1.80 bits per heavy atom. The molecule has 2 aliphatic heterocycles. The lowest BCUT2D eigenvalue weighted by Gasteiger charge is -2.65. The van der Waals surface area contributed by atoms with Crippen LogP contribution in [0.15, 0.2) is 18.2 Å². The zero-order valence-electron chi connectivity index (χ0n) is 22.2. The van der Waals surface area contributed by atoms with Gasteiger partial charge in [0.25, 0.3) is 5.79 Å². The second kappa shape index (κ2) is 11.1. The van der Waals surface area contributed by atoms with Crippen molar-refractivity contribution in [3.05, 3.63) is 29.3 Å². The Bertz CT molecular complexity index is 1060. The van der Waals surface area contributed by atoms with E-state index in [4.69, 9.17) is 35.6 Å². The van der Waals surface area contributed by atoms with Crippen LogP contribution in [0.25, 0.3) is 0 Å². The third kappa shape index (κ3) is 5.03. The van der Waals surface area contributed by atoms with Gasteiger partial charge >= 0.3 is 6.18 Å². The van der Waals surface area contributed by atoms with Gasteiger partial charge in [0.05, 0.1) is 6.61 Å². The first-order valence-corrected chi connectivity index (χ1v) is 14.1. The lowest BCUT2D eigenvalue weighted by Crippen LogP contribution is -2.75. The van der Waals surface area contributed by atoms with Crippen LogP contribution in [-0.2, 0) is 25.0 Å². The van der Waals surface area contributed by atoms with Gasteiger partial charge in [-0.25, -0.2) is 4.89 Å². The molecule has 2 heterocycles. The molecule has 2 saturated heterocycles. The van der Waals surface area contributed by atoms with E-state index >= 15 is 0 Å². The molecule has 0 radical (unpaired) electrons. The van der Waals surface area contributed by atoms with E-state index in [2.05, 4.69) is 0 Å². The van der Waals surface area contributed by atoms with E-state index in [1.165, 1.54) is 6.07 Å². The Morgan fingerprint density at radius 1 is 1.05 bits per heavy atom. The van der Waals surface area contributed by atoms with E-state index < -0.39 is 61.5 Å². The van der Waals surface area contributed by atoms with Gasteiger partial charge < -0.3 is 34.6 Å². The maximum Gasteiger partial charge on any atom is 0.411 e. The Labute approximate surface area is 235 Å². The number of aliphatic hydroxyl groups is 4. The predicted molar refractivity (Wildman–Crippen MR) is 133 cm³/mol. The third-order valence-electron chi connectivity index (χ3n) is 8.98. The third-order valence-corrected chi connectivity index (χ3v) is 9.34. The molecule has 5 rings (SSSR count). The summed E-state index contributed by atoms with van der Waals surface area (Å²) < 4.78 is 57.7. The smallest absolute Gasteiger partial charge is 0.411 e. The number of alkyl halides is 4. The maximum atomic E-state index is 13.6. The fourth-order valence-corrected chi connectivity index (χ4v) is 7.54. The van der Waals surface area contributed by atoms with E-state index in [1.54, 1.807) is 19.1 Å². The number of hydrogen-bond donors (Lipinski definition) is 4. The van der Waals surface area contributed by atoms with Crippen molar-refractivity contribution in [1.82, 2.24) is 0 Å². The number of benzene rings is 1. The van der Waals surface area contributed by atoms with E-state index in [0.717, 1.165) is 12.8 Å². The molecule has 2 aliphatic carbocycles. The van der Waals surface area contributed by atoms with E-state index in [9.17, 15) is 33.6 Å². The van der Waals surface area contributed by atoms with E-state index in [0.29, 0.717) is 30.7 Å². The molecular formula is C27H36ClF3O9. The molecule has 4 N–H and O–H groups in total. The van der Waals surface area contributed by atoms with Crippen LogP contribution in [0.5, 0.6) is 5.75 Å². The zero-order valence-corrected chi connectivity index (χ0v) is 23.0. The second-order valence-electron chi connectivity index (χ2n) is 11.5. The molecule has 1 spiro atoms. The summed E-state index contributed by atoms with van der Waals surface area (Å²) in [4.78, 5) is 11.5. The molecule has 11 atom stereocenters. The largest absolute Gasteiger partial charge is 0.462 e. The van der Waals surface area contributed by atoms with Crippen LogP contribution in [0.2, 0.25) is 0 Å². The molecule has 0 amide bonds. The normalized spacial score (nSPS) is 43.4. The minimum atomic E-state index is -4.64. The summed E-state index contributed by atoms with van der Waals surface area (Å²) in [6, 6.07) is 4.66. The molecule has 2 saturated carbocycles. The molecule has 0 aromatic heterocycles. The molecule has 4 aliphatic rings. The minimum Gasteiger partial charge on any atom is -0.462 e. The maximum absolute atomic E-state index is 13.6. The first-order chi connectivity index (χ1) is 18.8. The van der Waals surface area contributed by atoms with Gasteiger partial charge in [-0.3, -0.25) is 0 Å². The first-order valence-electron chi connectivity index (χ1n) is 13.6. The Kier molecular flexibility index (Phi) is 8.41. The van der Waals surface area contributed by atoms with Gasteiger partial charge in [-0.05, 0) is 62.0 Å². The number of halogens is 4. The number of rotatable bonds is 7.